The van der Waals surface area contributed by atoms with Crippen molar-refractivity contribution in [3.63, 3.8) is 0 Å². The molecule has 7 heteroatoms. The van der Waals surface area contributed by atoms with Crippen LogP contribution in [-0.2, 0) is 4.79 Å². The fourth-order valence-corrected chi connectivity index (χ4v) is 2.32. The van der Waals surface area contributed by atoms with Crippen molar-refractivity contribution in [3.8, 4) is 5.69 Å². The Labute approximate surface area is 115 Å². The second-order valence-electron chi connectivity index (χ2n) is 4.33. The van der Waals surface area contributed by atoms with Gasteiger partial charge < -0.3 is 5.73 Å². The molecule has 0 aliphatic carbocycles. The Morgan fingerprint density at radius 2 is 2.16 bits per heavy atom. The first-order valence-corrected chi connectivity index (χ1v) is 6.69. The predicted octanol–water partition coefficient (Wildman–Crippen LogP) is 1.25. The third-order valence-corrected chi connectivity index (χ3v) is 3.77. The first kappa shape index (κ1) is 13.5. The van der Waals surface area contributed by atoms with E-state index in [2.05, 4.69) is 15.5 Å². The van der Waals surface area contributed by atoms with Crippen molar-refractivity contribution in [2.45, 2.75) is 31.2 Å². The largest absolute Gasteiger partial charge is 0.369 e. The van der Waals surface area contributed by atoms with Gasteiger partial charge >= 0.3 is 0 Å². The highest BCUT2D eigenvalue weighted by molar-refractivity contribution is 8.00. The van der Waals surface area contributed by atoms with Gasteiger partial charge in [0, 0.05) is 0 Å². The average molecular weight is 277 g/mol. The van der Waals surface area contributed by atoms with E-state index in [1.165, 1.54) is 11.8 Å². The van der Waals surface area contributed by atoms with Crippen LogP contribution in [0.1, 0.15) is 18.1 Å². The highest BCUT2D eigenvalue weighted by atomic mass is 32.2. The van der Waals surface area contributed by atoms with Crippen LogP contribution in [0.5, 0.6) is 0 Å². The zero-order chi connectivity index (χ0) is 14.0. The molecule has 0 aliphatic rings. The molecule has 0 saturated carbocycles. The van der Waals surface area contributed by atoms with Gasteiger partial charge in [-0.1, -0.05) is 23.9 Å². The molecule has 1 heterocycles. The molecule has 2 rings (SSSR count). The van der Waals surface area contributed by atoms with Gasteiger partial charge in [-0.15, -0.1) is 5.10 Å². The van der Waals surface area contributed by atoms with Crippen molar-refractivity contribution in [1.82, 2.24) is 20.2 Å². The number of tetrazole rings is 1. The van der Waals surface area contributed by atoms with E-state index in [1.807, 2.05) is 32.0 Å². The maximum atomic E-state index is 11.1. The van der Waals surface area contributed by atoms with Gasteiger partial charge in [0.1, 0.15) is 0 Å². The number of nitrogens with two attached hydrogens (primary N) is 1. The molecule has 1 atom stereocenters. The number of hydrogen-bond acceptors (Lipinski definition) is 5. The van der Waals surface area contributed by atoms with Crippen LogP contribution < -0.4 is 5.73 Å². The molecular weight excluding hydrogens is 262 g/mol. The van der Waals surface area contributed by atoms with E-state index < -0.39 is 0 Å². The molecule has 0 radical (unpaired) electrons. The average Bonchev–Trinajstić information content (AvgIpc) is 2.80. The molecule has 19 heavy (non-hydrogen) atoms. The van der Waals surface area contributed by atoms with Crippen LogP contribution in [-0.4, -0.2) is 31.4 Å². The number of thioether (sulfide) groups is 1. The van der Waals surface area contributed by atoms with Crippen LogP contribution in [0.2, 0.25) is 0 Å². The molecule has 0 fully saturated rings. The minimum atomic E-state index is -0.388. The van der Waals surface area contributed by atoms with Crippen LogP contribution >= 0.6 is 11.8 Å². The molecule has 1 amide bonds. The van der Waals surface area contributed by atoms with Gasteiger partial charge in [-0.05, 0) is 48.4 Å². The van der Waals surface area contributed by atoms with Gasteiger partial charge in [0.15, 0.2) is 0 Å². The lowest BCUT2D eigenvalue weighted by Gasteiger charge is -2.10. The minimum Gasteiger partial charge on any atom is -0.369 e. The highest BCUT2D eigenvalue weighted by Crippen LogP contribution is 2.24. The molecule has 100 valence electrons. The predicted molar refractivity (Wildman–Crippen MR) is 73.1 cm³/mol. The van der Waals surface area contributed by atoms with Gasteiger partial charge in [-0.3, -0.25) is 4.79 Å². The van der Waals surface area contributed by atoms with Gasteiger partial charge in [-0.25, -0.2) is 0 Å². The van der Waals surface area contributed by atoms with Gasteiger partial charge in [-0.2, -0.15) is 4.68 Å². The Bertz CT molecular complexity index is 610. The maximum absolute atomic E-state index is 11.1. The molecule has 0 bridgehead atoms. The van der Waals surface area contributed by atoms with Crippen molar-refractivity contribution >= 4 is 17.7 Å². The fraction of sp³-hybridized carbons (Fsp3) is 0.333. The number of benzene rings is 1. The summed E-state index contributed by atoms with van der Waals surface area (Å²) in [7, 11) is 0. The van der Waals surface area contributed by atoms with Crippen molar-refractivity contribution in [2.75, 3.05) is 0 Å². The van der Waals surface area contributed by atoms with Gasteiger partial charge in [0.05, 0.1) is 10.9 Å². The standard InChI is InChI=1S/C12H15N5OS/c1-7-4-5-8(2)10(6-7)17-12(14-15-16-17)19-9(3)11(13)18/h4-6,9H,1-3H3,(H2,13,18)/t9-/m0/s1. The summed E-state index contributed by atoms with van der Waals surface area (Å²) in [5, 5.41) is 11.8. The first-order valence-electron chi connectivity index (χ1n) is 5.81. The van der Waals surface area contributed by atoms with Gasteiger partial charge in [0.25, 0.3) is 0 Å². The number of aryl methyl sites for hydroxylation is 2. The summed E-state index contributed by atoms with van der Waals surface area (Å²) in [4.78, 5) is 11.1. The number of nitrogens with zero attached hydrogens (tertiary/aromatic N) is 4. The zero-order valence-electron chi connectivity index (χ0n) is 11.0. The van der Waals surface area contributed by atoms with Crippen molar-refractivity contribution in [2.24, 2.45) is 5.73 Å². The van der Waals surface area contributed by atoms with Crippen molar-refractivity contribution < 1.29 is 4.79 Å². The highest BCUT2D eigenvalue weighted by Gasteiger charge is 2.17. The molecule has 0 saturated heterocycles. The summed E-state index contributed by atoms with van der Waals surface area (Å²) in [5.74, 6) is -0.388. The van der Waals surface area contributed by atoms with Crippen molar-refractivity contribution in [3.05, 3.63) is 29.3 Å². The molecule has 0 unspecified atom stereocenters. The summed E-state index contributed by atoms with van der Waals surface area (Å²) in [6, 6.07) is 6.05. The van der Waals surface area contributed by atoms with E-state index in [0.717, 1.165) is 16.8 Å². The Kier molecular flexibility index (Phi) is 3.84. The first-order chi connectivity index (χ1) is 8.99. The topological polar surface area (TPSA) is 86.7 Å². The fourth-order valence-electron chi connectivity index (χ4n) is 1.57. The van der Waals surface area contributed by atoms with E-state index in [-0.39, 0.29) is 11.2 Å². The van der Waals surface area contributed by atoms with E-state index in [0.29, 0.717) is 5.16 Å². The summed E-state index contributed by atoms with van der Waals surface area (Å²) < 4.78 is 1.63. The third kappa shape index (κ3) is 2.93. The third-order valence-electron chi connectivity index (χ3n) is 2.72. The number of hydrogen-bond donors (Lipinski definition) is 1. The van der Waals surface area contributed by atoms with Crippen LogP contribution in [0, 0.1) is 13.8 Å². The zero-order valence-corrected chi connectivity index (χ0v) is 11.8. The lowest BCUT2D eigenvalue weighted by molar-refractivity contribution is -0.117. The molecule has 1 aromatic heterocycles. The lowest BCUT2D eigenvalue weighted by atomic mass is 10.1. The maximum Gasteiger partial charge on any atom is 0.230 e. The lowest BCUT2D eigenvalue weighted by Crippen LogP contribution is -2.23. The minimum absolute atomic E-state index is 0.380. The normalized spacial score (nSPS) is 12.4. The number of carbonyl (C=O) groups excluding carboxylic acids is 1. The van der Waals surface area contributed by atoms with Gasteiger partial charge in [0.2, 0.25) is 11.1 Å². The van der Waals surface area contributed by atoms with Crippen molar-refractivity contribution in [1.29, 1.82) is 0 Å². The number of rotatable bonds is 4. The number of aromatic nitrogens is 4. The second-order valence-corrected chi connectivity index (χ2v) is 5.63. The number of carbonyl (C=O) groups is 1. The van der Waals surface area contributed by atoms with Crippen LogP contribution in [0.4, 0.5) is 0 Å². The Morgan fingerprint density at radius 3 is 2.84 bits per heavy atom. The molecule has 1 aromatic carbocycles. The second kappa shape index (κ2) is 5.40. The molecule has 0 aliphatic heterocycles. The van der Waals surface area contributed by atoms with Crippen LogP contribution in [0.25, 0.3) is 5.69 Å². The van der Waals surface area contributed by atoms with E-state index in [9.17, 15) is 4.79 Å². The Balaban J connectivity index is 2.39. The Morgan fingerprint density at radius 1 is 1.42 bits per heavy atom. The molecule has 6 nitrogen and oxygen atoms in total. The SMILES string of the molecule is Cc1ccc(C)c(-n2nnnc2S[C@@H](C)C(N)=O)c1. The van der Waals surface area contributed by atoms with E-state index in [1.54, 1.807) is 11.6 Å². The number of primary amides is 1. The molecule has 2 aromatic rings. The number of amides is 1. The summed E-state index contributed by atoms with van der Waals surface area (Å²) in [6.07, 6.45) is 0. The quantitative estimate of drug-likeness (QED) is 0.850. The molecule has 2 N–H and O–H groups in total. The summed E-state index contributed by atoms with van der Waals surface area (Å²) >= 11 is 1.25. The molecule has 0 spiro atoms. The Hall–Kier alpha value is -1.89. The summed E-state index contributed by atoms with van der Waals surface area (Å²) in [6.45, 7) is 5.73. The monoisotopic (exact) mass is 277 g/mol. The van der Waals surface area contributed by atoms with Crippen LogP contribution in [0.15, 0.2) is 23.4 Å². The smallest absolute Gasteiger partial charge is 0.230 e. The van der Waals surface area contributed by atoms with Crippen LogP contribution in [0.3, 0.4) is 0 Å². The summed E-state index contributed by atoms with van der Waals surface area (Å²) in [5.41, 5.74) is 8.35. The van der Waals surface area contributed by atoms with E-state index >= 15 is 0 Å². The molecular formula is C12H15N5OS. The van der Waals surface area contributed by atoms with E-state index in [4.69, 9.17) is 5.73 Å².